The lowest BCUT2D eigenvalue weighted by molar-refractivity contribution is 0.796. The van der Waals surface area contributed by atoms with Crippen molar-refractivity contribution >= 4 is 23.1 Å². The van der Waals surface area contributed by atoms with Crippen LogP contribution in [0, 0.1) is 0 Å². The zero-order valence-electron chi connectivity index (χ0n) is 14.6. The number of nitrogens with zero attached hydrogens (tertiary/aromatic N) is 5. The normalized spacial score (nSPS) is 13.0. The predicted molar refractivity (Wildman–Crippen MR) is 103 cm³/mol. The third-order valence-electron chi connectivity index (χ3n) is 4.36. The molecule has 6 nitrogen and oxygen atoms in total. The molecule has 0 unspecified atom stereocenters. The summed E-state index contributed by atoms with van der Waals surface area (Å²) < 4.78 is 0. The summed E-state index contributed by atoms with van der Waals surface area (Å²) in [5.74, 6) is 2.71. The molecule has 3 heterocycles. The smallest absolute Gasteiger partial charge is 0.161 e. The Morgan fingerprint density at radius 2 is 1.88 bits per heavy atom. The van der Waals surface area contributed by atoms with E-state index >= 15 is 0 Å². The van der Waals surface area contributed by atoms with E-state index in [0.717, 1.165) is 22.9 Å². The van der Waals surface area contributed by atoms with Gasteiger partial charge in [0.1, 0.15) is 5.82 Å². The quantitative estimate of drug-likeness (QED) is 0.749. The maximum absolute atomic E-state index is 5.87. The van der Waals surface area contributed by atoms with E-state index < -0.39 is 0 Å². The number of hydrogen-bond acceptors (Lipinski definition) is 6. The first kappa shape index (κ1) is 16.7. The molecule has 0 amide bonds. The highest BCUT2D eigenvalue weighted by atomic mass is 35.5. The lowest BCUT2D eigenvalue weighted by Gasteiger charge is -2.17. The van der Waals surface area contributed by atoms with Gasteiger partial charge in [-0.2, -0.15) is 0 Å². The predicted octanol–water partition coefficient (Wildman–Crippen LogP) is 4.10. The summed E-state index contributed by atoms with van der Waals surface area (Å²) in [6.45, 7) is 5.56. The van der Waals surface area contributed by atoms with Crippen molar-refractivity contribution in [2.24, 2.45) is 0 Å². The molecule has 2 aromatic heterocycles. The van der Waals surface area contributed by atoms with Crippen LogP contribution >= 0.6 is 11.6 Å². The number of halogens is 1. The van der Waals surface area contributed by atoms with Crippen LogP contribution in [0.3, 0.4) is 0 Å². The number of fused-ring (bicyclic) bond motifs is 1. The summed E-state index contributed by atoms with van der Waals surface area (Å²) in [6, 6.07) is 8.29. The fourth-order valence-electron chi connectivity index (χ4n) is 3.05. The average molecular weight is 367 g/mol. The minimum atomic E-state index is 0.403. The summed E-state index contributed by atoms with van der Waals surface area (Å²) in [5.41, 5.74) is 3.23. The van der Waals surface area contributed by atoms with Gasteiger partial charge in [-0.3, -0.25) is 0 Å². The third kappa shape index (κ3) is 3.20. The molecule has 0 bridgehead atoms. The van der Waals surface area contributed by atoms with Crippen LogP contribution in [0.2, 0.25) is 5.02 Å². The fraction of sp³-hybridized carbons (Fsp3) is 0.263. The lowest BCUT2D eigenvalue weighted by Crippen LogP contribution is -2.24. The van der Waals surface area contributed by atoms with Crippen LogP contribution in [0.15, 0.2) is 42.9 Å². The van der Waals surface area contributed by atoms with Crippen LogP contribution in [-0.4, -0.2) is 26.6 Å². The molecule has 0 saturated heterocycles. The second kappa shape index (κ2) is 6.88. The standard InChI is InChI=1S/C19H19ClN6/c1-12(2)14-5-3-4-6-15(14)18-23-9-16-19(25-18)26(11-24-16)10-17-21-7-13(20)8-22-17/h3-9,12,24H,10-11H2,1-2H3. The molecule has 0 fully saturated rings. The third-order valence-corrected chi connectivity index (χ3v) is 4.55. The highest BCUT2D eigenvalue weighted by Crippen LogP contribution is 2.33. The van der Waals surface area contributed by atoms with E-state index in [1.165, 1.54) is 5.56 Å². The molecule has 1 N–H and O–H groups in total. The van der Waals surface area contributed by atoms with E-state index in [0.29, 0.717) is 30.0 Å². The number of anilines is 2. The van der Waals surface area contributed by atoms with Crippen molar-refractivity contribution in [3.63, 3.8) is 0 Å². The molecule has 0 saturated carbocycles. The summed E-state index contributed by atoms with van der Waals surface area (Å²) >= 11 is 5.87. The van der Waals surface area contributed by atoms with Crippen molar-refractivity contribution in [2.45, 2.75) is 26.3 Å². The molecule has 0 spiro atoms. The van der Waals surface area contributed by atoms with Crippen molar-refractivity contribution in [1.82, 2.24) is 19.9 Å². The molecule has 0 atom stereocenters. The van der Waals surface area contributed by atoms with Crippen molar-refractivity contribution in [3.8, 4) is 11.4 Å². The Morgan fingerprint density at radius 1 is 1.12 bits per heavy atom. The van der Waals surface area contributed by atoms with Crippen LogP contribution in [0.4, 0.5) is 11.5 Å². The summed E-state index contributed by atoms with van der Waals surface area (Å²) in [5, 5.41) is 3.85. The minimum absolute atomic E-state index is 0.403. The van der Waals surface area contributed by atoms with Crippen LogP contribution < -0.4 is 10.2 Å². The van der Waals surface area contributed by atoms with Gasteiger partial charge in [-0.05, 0) is 11.5 Å². The first-order chi connectivity index (χ1) is 12.6. The molecule has 4 rings (SSSR count). The van der Waals surface area contributed by atoms with Crippen molar-refractivity contribution in [2.75, 3.05) is 16.9 Å². The summed E-state index contributed by atoms with van der Waals surface area (Å²) in [4.78, 5) is 20.1. The van der Waals surface area contributed by atoms with Crippen molar-refractivity contribution in [1.29, 1.82) is 0 Å². The molecular weight excluding hydrogens is 348 g/mol. The number of rotatable bonds is 4. The van der Waals surface area contributed by atoms with Crippen LogP contribution in [-0.2, 0) is 6.54 Å². The Kier molecular flexibility index (Phi) is 4.42. The molecule has 132 valence electrons. The van der Waals surface area contributed by atoms with Gasteiger partial charge < -0.3 is 10.2 Å². The monoisotopic (exact) mass is 366 g/mol. The molecule has 1 aliphatic heterocycles. The molecule has 26 heavy (non-hydrogen) atoms. The van der Waals surface area contributed by atoms with Gasteiger partial charge in [-0.15, -0.1) is 0 Å². The van der Waals surface area contributed by atoms with E-state index in [9.17, 15) is 0 Å². The Balaban J connectivity index is 1.67. The summed E-state index contributed by atoms with van der Waals surface area (Å²) in [7, 11) is 0. The van der Waals surface area contributed by atoms with Gasteiger partial charge in [-0.25, -0.2) is 19.9 Å². The molecular formula is C19H19ClN6. The maximum Gasteiger partial charge on any atom is 0.161 e. The zero-order valence-corrected chi connectivity index (χ0v) is 15.4. The summed E-state index contributed by atoms with van der Waals surface area (Å²) in [6.07, 6.45) is 5.06. The second-order valence-corrected chi connectivity index (χ2v) is 6.96. The SMILES string of the molecule is CC(C)c1ccccc1-c1ncc2c(n1)N(Cc1ncc(Cl)cn1)CN2. The highest BCUT2D eigenvalue weighted by molar-refractivity contribution is 6.30. The van der Waals surface area contributed by atoms with Gasteiger partial charge in [0, 0.05) is 18.0 Å². The van der Waals surface area contributed by atoms with Crippen molar-refractivity contribution < 1.29 is 0 Å². The van der Waals surface area contributed by atoms with E-state index in [2.05, 4.69) is 57.2 Å². The van der Waals surface area contributed by atoms with E-state index in [-0.39, 0.29) is 0 Å². The van der Waals surface area contributed by atoms with Crippen LogP contribution in [0.5, 0.6) is 0 Å². The van der Waals surface area contributed by atoms with Gasteiger partial charge in [0.05, 0.1) is 30.1 Å². The maximum atomic E-state index is 5.87. The van der Waals surface area contributed by atoms with E-state index in [4.69, 9.17) is 16.6 Å². The molecule has 0 radical (unpaired) electrons. The van der Waals surface area contributed by atoms with E-state index in [1.807, 2.05) is 12.3 Å². The first-order valence-corrected chi connectivity index (χ1v) is 8.91. The van der Waals surface area contributed by atoms with Gasteiger partial charge in [0.15, 0.2) is 11.6 Å². The number of benzene rings is 1. The molecule has 1 aromatic carbocycles. The molecule has 1 aliphatic rings. The Bertz CT molecular complexity index is 926. The van der Waals surface area contributed by atoms with Gasteiger partial charge in [0.2, 0.25) is 0 Å². The Hall–Kier alpha value is -2.73. The highest BCUT2D eigenvalue weighted by Gasteiger charge is 2.23. The first-order valence-electron chi connectivity index (χ1n) is 8.53. The average Bonchev–Trinajstić information content (AvgIpc) is 3.05. The minimum Gasteiger partial charge on any atom is -0.363 e. The molecule has 0 aliphatic carbocycles. The lowest BCUT2D eigenvalue weighted by atomic mass is 9.97. The zero-order chi connectivity index (χ0) is 18.1. The second-order valence-electron chi connectivity index (χ2n) is 6.52. The van der Waals surface area contributed by atoms with E-state index in [1.54, 1.807) is 12.4 Å². The van der Waals surface area contributed by atoms with Gasteiger partial charge in [0.25, 0.3) is 0 Å². The number of hydrogen-bond donors (Lipinski definition) is 1. The van der Waals surface area contributed by atoms with Gasteiger partial charge in [-0.1, -0.05) is 49.7 Å². The van der Waals surface area contributed by atoms with Crippen LogP contribution in [0.1, 0.15) is 31.2 Å². The molecule has 7 heteroatoms. The largest absolute Gasteiger partial charge is 0.363 e. The Morgan fingerprint density at radius 3 is 2.65 bits per heavy atom. The number of nitrogens with one attached hydrogen (secondary N) is 1. The van der Waals surface area contributed by atoms with Gasteiger partial charge >= 0.3 is 0 Å². The topological polar surface area (TPSA) is 66.8 Å². The number of aromatic nitrogens is 4. The Labute approximate surface area is 157 Å². The molecule has 3 aromatic rings. The van der Waals surface area contributed by atoms with Crippen molar-refractivity contribution in [3.05, 3.63) is 59.3 Å². The fourth-order valence-corrected chi connectivity index (χ4v) is 3.15. The van der Waals surface area contributed by atoms with Crippen LogP contribution in [0.25, 0.3) is 11.4 Å².